The largest absolute Gasteiger partial charge is 0.457 e. The van der Waals surface area contributed by atoms with Crippen LogP contribution in [0.5, 0.6) is 0 Å². The summed E-state index contributed by atoms with van der Waals surface area (Å²) in [6, 6.07) is 5.33. The van der Waals surface area contributed by atoms with E-state index in [-0.39, 0.29) is 22.9 Å². The fraction of sp³-hybridized carbons (Fsp3) is 0.625. The molecule has 1 aromatic rings. The summed E-state index contributed by atoms with van der Waals surface area (Å²) in [5, 5.41) is 0. The van der Waals surface area contributed by atoms with Crippen molar-refractivity contribution in [3.8, 4) is 0 Å². The van der Waals surface area contributed by atoms with Crippen LogP contribution in [0.2, 0.25) is 0 Å². The third kappa shape index (κ3) is 1.71. The van der Waals surface area contributed by atoms with Crippen LogP contribution < -0.4 is 0 Å². The van der Waals surface area contributed by atoms with Crippen molar-refractivity contribution in [2.45, 2.75) is 46.1 Å². The Morgan fingerprint density at radius 1 is 1.37 bits per heavy atom. The number of pyridine rings is 1. The quantitative estimate of drug-likeness (QED) is 0.764. The molecule has 2 aliphatic carbocycles. The number of carbonyl (C=O) groups excluding carboxylic acids is 1. The lowest BCUT2D eigenvalue weighted by atomic mass is 9.70. The first kappa shape index (κ1) is 12.6. The van der Waals surface area contributed by atoms with Crippen molar-refractivity contribution in [3.63, 3.8) is 0 Å². The topological polar surface area (TPSA) is 39.2 Å². The number of hydrogen-bond donors (Lipinski definition) is 0. The lowest BCUT2D eigenvalue weighted by Crippen LogP contribution is -2.38. The van der Waals surface area contributed by atoms with Gasteiger partial charge in [-0.1, -0.05) is 26.8 Å². The standard InChI is InChI=1S/C16H21NO2/c1-15(2)11-7-8-16(15,3)13(10-11)19-14(18)12-6-4-5-9-17-12/h4-6,9,11,13H,7-8,10H2,1-3H3/t11-,13-,16-/m0/s1. The monoisotopic (exact) mass is 259 g/mol. The fourth-order valence-corrected chi connectivity index (χ4v) is 3.98. The molecule has 2 aliphatic rings. The highest BCUT2D eigenvalue weighted by Gasteiger charge is 2.62. The van der Waals surface area contributed by atoms with Gasteiger partial charge in [-0.15, -0.1) is 0 Å². The molecule has 0 spiro atoms. The molecule has 0 radical (unpaired) electrons. The van der Waals surface area contributed by atoms with E-state index in [4.69, 9.17) is 4.74 Å². The van der Waals surface area contributed by atoms with Crippen molar-refractivity contribution in [3.05, 3.63) is 30.1 Å². The first-order valence-electron chi connectivity index (χ1n) is 7.07. The van der Waals surface area contributed by atoms with Gasteiger partial charge in [0.05, 0.1) is 0 Å². The predicted octanol–water partition coefficient (Wildman–Crippen LogP) is 3.45. The number of esters is 1. The van der Waals surface area contributed by atoms with Crippen molar-refractivity contribution < 1.29 is 9.53 Å². The van der Waals surface area contributed by atoms with Gasteiger partial charge in [0.15, 0.2) is 0 Å². The minimum Gasteiger partial charge on any atom is -0.457 e. The molecule has 3 atom stereocenters. The molecule has 102 valence electrons. The van der Waals surface area contributed by atoms with Gasteiger partial charge in [0.2, 0.25) is 0 Å². The Bertz CT molecular complexity index is 497. The Balaban J connectivity index is 1.78. The average molecular weight is 259 g/mol. The second kappa shape index (κ2) is 4.06. The molecular weight excluding hydrogens is 238 g/mol. The van der Waals surface area contributed by atoms with Gasteiger partial charge in [-0.3, -0.25) is 0 Å². The summed E-state index contributed by atoms with van der Waals surface area (Å²) < 4.78 is 5.77. The van der Waals surface area contributed by atoms with E-state index >= 15 is 0 Å². The summed E-state index contributed by atoms with van der Waals surface area (Å²) in [6.45, 7) is 6.91. The number of nitrogens with zero attached hydrogens (tertiary/aromatic N) is 1. The molecule has 0 aliphatic heterocycles. The van der Waals surface area contributed by atoms with Crippen molar-refractivity contribution in [1.82, 2.24) is 4.98 Å². The van der Waals surface area contributed by atoms with E-state index in [0.717, 1.165) is 12.8 Å². The summed E-state index contributed by atoms with van der Waals surface area (Å²) in [6.07, 6.45) is 5.09. The summed E-state index contributed by atoms with van der Waals surface area (Å²) in [7, 11) is 0. The Morgan fingerprint density at radius 3 is 2.68 bits per heavy atom. The fourth-order valence-electron chi connectivity index (χ4n) is 3.98. The van der Waals surface area contributed by atoms with Gasteiger partial charge in [0.1, 0.15) is 11.8 Å². The van der Waals surface area contributed by atoms with Gasteiger partial charge in [-0.2, -0.15) is 0 Å². The number of carbonyl (C=O) groups is 1. The molecule has 3 rings (SSSR count). The molecule has 0 unspecified atom stereocenters. The van der Waals surface area contributed by atoms with E-state index in [1.165, 1.54) is 6.42 Å². The lowest BCUT2D eigenvalue weighted by Gasteiger charge is -2.38. The summed E-state index contributed by atoms with van der Waals surface area (Å²) in [5.41, 5.74) is 0.788. The molecule has 0 amide bonds. The highest BCUT2D eigenvalue weighted by molar-refractivity contribution is 5.87. The second-order valence-corrected chi connectivity index (χ2v) is 6.72. The average Bonchev–Trinajstić information content (AvgIpc) is 2.73. The molecule has 2 saturated carbocycles. The minimum absolute atomic E-state index is 0.0377. The Hall–Kier alpha value is -1.38. The maximum absolute atomic E-state index is 12.1. The number of hydrogen-bond acceptors (Lipinski definition) is 3. The van der Waals surface area contributed by atoms with Crippen molar-refractivity contribution in [2.75, 3.05) is 0 Å². The van der Waals surface area contributed by atoms with Gasteiger partial charge >= 0.3 is 5.97 Å². The summed E-state index contributed by atoms with van der Waals surface area (Å²) >= 11 is 0. The van der Waals surface area contributed by atoms with E-state index in [1.54, 1.807) is 18.3 Å². The maximum atomic E-state index is 12.1. The normalized spacial score (nSPS) is 35.3. The molecule has 3 nitrogen and oxygen atoms in total. The molecule has 19 heavy (non-hydrogen) atoms. The zero-order chi connectivity index (χ0) is 13.7. The molecule has 1 heterocycles. The number of fused-ring (bicyclic) bond motifs is 2. The number of aromatic nitrogens is 1. The highest BCUT2D eigenvalue weighted by Crippen LogP contribution is 2.66. The second-order valence-electron chi connectivity index (χ2n) is 6.72. The zero-order valence-electron chi connectivity index (χ0n) is 11.8. The first-order chi connectivity index (χ1) is 8.95. The number of rotatable bonds is 2. The van der Waals surface area contributed by atoms with Gasteiger partial charge in [0, 0.05) is 11.6 Å². The summed E-state index contributed by atoms with van der Waals surface area (Å²) in [5.74, 6) is 0.397. The van der Waals surface area contributed by atoms with Crippen LogP contribution in [0.4, 0.5) is 0 Å². The molecule has 0 saturated heterocycles. The predicted molar refractivity (Wildman–Crippen MR) is 72.7 cm³/mol. The Morgan fingerprint density at radius 2 is 2.16 bits per heavy atom. The van der Waals surface area contributed by atoms with E-state index in [9.17, 15) is 4.79 Å². The minimum atomic E-state index is -0.282. The van der Waals surface area contributed by atoms with Crippen LogP contribution in [0.25, 0.3) is 0 Å². The molecule has 0 aromatic carbocycles. The van der Waals surface area contributed by atoms with Crippen LogP contribution in [-0.2, 0) is 4.74 Å². The first-order valence-corrected chi connectivity index (χ1v) is 7.07. The van der Waals surface area contributed by atoms with Crippen LogP contribution in [0.15, 0.2) is 24.4 Å². The van der Waals surface area contributed by atoms with Gasteiger partial charge in [-0.05, 0) is 42.7 Å². The summed E-state index contributed by atoms with van der Waals surface area (Å²) in [4.78, 5) is 16.2. The molecule has 3 heteroatoms. The molecule has 2 bridgehead atoms. The third-order valence-electron chi connectivity index (χ3n) is 5.84. The zero-order valence-corrected chi connectivity index (χ0v) is 11.8. The van der Waals surface area contributed by atoms with Gasteiger partial charge in [0.25, 0.3) is 0 Å². The van der Waals surface area contributed by atoms with Gasteiger partial charge in [-0.25, -0.2) is 9.78 Å². The maximum Gasteiger partial charge on any atom is 0.357 e. The lowest BCUT2D eigenvalue weighted by molar-refractivity contribution is -0.0247. The van der Waals surface area contributed by atoms with Crippen LogP contribution in [0, 0.1) is 16.7 Å². The molecule has 1 aromatic heterocycles. The third-order valence-corrected chi connectivity index (χ3v) is 5.84. The van der Waals surface area contributed by atoms with Crippen molar-refractivity contribution in [2.24, 2.45) is 16.7 Å². The van der Waals surface area contributed by atoms with E-state index < -0.39 is 0 Å². The highest BCUT2D eigenvalue weighted by atomic mass is 16.5. The smallest absolute Gasteiger partial charge is 0.357 e. The molecule has 0 N–H and O–H groups in total. The Kier molecular flexibility index (Phi) is 2.70. The number of ether oxygens (including phenoxy) is 1. The van der Waals surface area contributed by atoms with E-state index in [2.05, 4.69) is 25.8 Å². The van der Waals surface area contributed by atoms with Gasteiger partial charge < -0.3 is 4.74 Å². The van der Waals surface area contributed by atoms with Crippen molar-refractivity contribution in [1.29, 1.82) is 0 Å². The van der Waals surface area contributed by atoms with Crippen LogP contribution in [0.3, 0.4) is 0 Å². The van der Waals surface area contributed by atoms with Crippen molar-refractivity contribution >= 4 is 5.97 Å². The Labute approximate surface area is 114 Å². The molecular formula is C16H21NO2. The van der Waals surface area contributed by atoms with Crippen LogP contribution >= 0.6 is 0 Å². The van der Waals surface area contributed by atoms with Crippen LogP contribution in [-0.4, -0.2) is 17.1 Å². The van der Waals surface area contributed by atoms with E-state index in [1.807, 2.05) is 6.07 Å². The molecule has 2 fully saturated rings. The SMILES string of the molecule is CC1(C)[C@H]2CC[C@@]1(C)[C@@H](OC(=O)c1ccccn1)C2. The van der Waals surface area contributed by atoms with E-state index in [0.29, 0.717) is 11.6 Å². The van der Waals surface area contributed by atoms with Crippen LogP contribution in [0.1, 0.15) is 50.5 Å².